The van der Waals surface area contributed by atoms with Crippen molar-refractivity contribution in [2.45, 2.75) is 25.3 Å². The summed E-state index contributed by atoms with van der Waals surface area (Å²) in [5, 5.41) is 0.703. The molecule has 2 aromatic rings. The SMILES string of the molecule is O=c1c2ccc(Br)cc2[nH]c(=S)n1C1CCC1. The molecule has 17 heavy (non-hydrogen) atoms. The fourth-order valence-corrected chi connectivity index (χ4v) is 2.88. The number of nitrogens with one attached hydrogen (secondary N) is 1. The summed E-state index contributed by atoms with van der Waals surface area (Å²) in [5.41, 5.74) is 0.825. The highest BCUT2D eigenvalue weighted by Gasteiger charge is 2.22. The Balaban J connectivity index is 2.35. The quantitative estimate of drug-likeness (QED) is 0.818. The summed E-state index contributed by atoms with van der Waals surface area (Å²) < 4.78 is 3.21. The van der Waals surface area contributed by atoms with E-state index < -0.39 is 0 Å². The first kappa shape index (κ1) is 11.2. The van der Waals surface area contributed by atoms with Crippen molar-refractivity contribution in [3.8, 4) is 0 Å². The van der Waals surface area contributed by atoms with Crippen molar-refractivity contribution in [3.05, 3.63) is 37.8 Å². The van der Waals surface area contributed by atoms with E-state index in [1.54, 1.807) is 4.57 Å². The minimum Gasteiger partial charge on any atom is -0.332 e. The van der Waals surface area contributed by atoms with Gasteiger partial charge in [0.05, 0.1) is 10.9 Å². The molecule has 1 fully saturated rings. The summed E-state index contributed by atoms with van der Waals surface area (Å²) in [4.78, 5) is 15.5. The van der Waals surface area contributed by atoms with Gasteiger partial charge in [0.2, 0.25) is 0 Å². The van der Waals surface area contributed by atoms with Gasteiger partial charge < -0.3 is 4.98 Å². The Bertz CT molecular complexity index is 700. The van der Waals surface area contributed by atoms with E-state index in [4.69, 9.17) is 12.2 Å². The third-order valence-electron chi connectivity index (χ3n) is 3.33. The molecule has 1 aliphatic carbocycles. The predicted molar refractivity (Wildman–Crippen MR) is 74.0 cm³/mol. The fourth-order valence-electron chi connectivity index (χ4n) is 2.18. The summed E-state index contributed by atoms with van der Waals surface area (Å²) in [7, 11) is 0. The van der Waals surface area contributed by atoms with Gasteiger partial charge in [-0.25, -0.2) is 0 Å². The second-order valence-corrected chi connectivity index (χ2v) is 5.68. The molecule has 1 N–H and O–H groups in total. The van der Waals surface area contributed by atoms with Crippen molar-refractivity contribution in [1.82, 2.24) is 9.55 Å². The average molecular weight is 311 g/mol. The molecule has 1 heterocycles. The average Bonchev–Trinajstić information content (AvgIpc) is 2.20. The number of hydrogen-bond donors (Lipinski definition) is 1. The summed E-state index contributed by atoms with van der Waals surface area (Å²) in [6.07, 6.45) is 3.29. The third kappa shape index (κ3) is 1.77. The molecule has 3 rings (SSSR count). The van der Waals surface area contributed by atoms with E-state index in [0.29, 0.717) is 16.2 Å². The van der Waals surface area contributed by atoms with Gasteiger partial charge in [-0.15, -0.1) is 0 Å². The third-order valence-corrected chi connectivity index (χ3v) is 4.12. The van der Waals surface area contributed by atoms with Crippen molar-refractivity contribution in [3.63, 3.8) is 0 Å². The smallest absolute Gasteiger partial charge is 0.262 e. The minimum atomic E-state index is 0.0287. The zero-order chi connectivity index (χ0) is 12.0. The lowest BCUT2D eigenvalue weighted by Gasteiger charge is -2.27. The molecule has 3 nitrogen and oxygen atoms in total. The molecule has 1 aliphatic rings. The lowest BCUT2D eigenvalue weighted by Crippen LogP contribution is -2.30. The number of fused-ring (bicyclic) bond motifs is 1. The number of benzene rings is 1. The number of H-pyrrole nitrogens is 1. The topological polar surface area (TPSA) is 37.8 Å². The van der Waals surface area contributed by atoms with E-state index in [2.05, 4.69) is 20.9 Å². The van der Waals surface area contributed by atoms with Gasteiger partial charge in [-0.2, -0.15) is 0 Å². The number of aromatic nitrogens is 2. The van der Waals surface area contributed by atoms with Crippen LogP contribution in [0.25, 0.3) is 10.9 Å². The van der Waals surface area contributed by atoms with E-state index in [1.165, 1.54) is 6.42 Å². The van der Waals surface area contributed by atoms with Crippen LogP contribution in [0.1, 0.15) is 25.3 Å². The Kier molecular flexibility index (Phi) is 2.67. The Labute approximate surface area is 112 Å². The van der Waals surface area contributed by atoms with Crippen LogP contribution in [0.3, 0.4) is 0 Å². The normalized spacial score (nSPS) is 16.1. The van der Waals surface area contributed by atoms with Gasteiger partial charge in [0.15, 0.2) is 4.77 Å². The first-order valence-corrected chi connectivity index (χ1v) is 6.81. The highest BCUT2D eigenvalue weighted by molar-refractivity contribution is 9.10. The molecule has 0 aliphatic heterocycles. The molecule has 1 aromatic heterocycles. The Morgan fingerprint density at radius 3 is 2.82 bits per heavy atom. The van der Waals surface area contributed by atoms with Gasteiger partial charge in [0, 0.05) is 10.5 Å². The monoisotopic (exact) mass is 310 g/mol. The summed E-state index contributed by atoms with van der Waals surface area (Å²) >= 11 is 8.67. The minimum absolute atomic E-state index is 0.0287. The molecule has 0 atom stereocenters. The van der Waals surface area contributed by atoms with E-state index >= 15 is 0 Å². The Hall–Kier alpha value is -0.940. The van der Waals surface area contributed by atoms with Crippen LogP contribution in [0.5, 0.6) is 0 Å². The molecule has 88 valence electrons. The first-order valence-electron chi connectivity index (χ1n) is 5.61. The van der Waals surface area contributed by atoms with E-state index in [0.717, 1.165) is 22.8 Å². The second-order valence-electron chi connectivity index (χ2n) is 4.38. The lowest BCUT2D eigenvalue weighted by molar-refractivity contribution is 0.302. The molecule has 1 aromatic carbocycles. The predicted octanol–water partition coefficient (Wildman–Crippen LogP) is 3.55. The Morgan fingerprint density at radius 1 is 1.41 bits per heavy atom. The van der Waals surface area contributed by atoms with Crippen LogP contribution in [0.15, 0.2) is 27.5 Å². The maximum atomic E-state index is 12.4. The number of aromatic amines is 1. The molecular formula is C12H11BrN2OS. The van der Waals surface area contributed by atoms with E-state index in [-0.39, 0.29) is 5.56 Å². The van der Waals surface area contributed by atoms with Gasteiger partial charge in [0.25, 0.3) is 5.56 Å². The summed E-state index contributed by atoms with van der Waals surface area (Å²) in [5.74, 6) is 0. The van der Waals surface area contributed by atoms with Gasteiger partial charge in [-0.3, -0.25) is 9.36 Å². The van der Waals surface area contributed by atoms with Crippen molar-refractivity contribution >= 4 is 39.1 Å². The molecule has 0 radical (unpaired) electrons. The van der Waals surface area contributed by atoms with Crippen LogP contribution in [-0.2, 0) is 0 Å². The van der Waals surface area contributed by atoms with E-state index in [1.807, 2.05) is 18.2 Å². The van der Waals surface area contributed by atoms with Crippen molar-refractivity contribution in [2.75, 3.05) is 0 Å². The van der Waals surface area contributed by atoms with Crippen molar-refractivity contribution in [1.29, 1.82) is 0 Å². The van der Waals surface area contributed by atoms with Crippen molar-refractivity contribution in [2.24, 2.45) is 0 Å². The molecule has 0 amide bonds. The lowest BCUT2D eigenvalue weighted by atomic mass is 9.93. The van der Waals surface area contributed by atoms with Gasteiger partial charge >= 0.3 is 0 Å². The summed E-state index contributed by atoms with van der Waals surface area (Å²) in [6, 6.07) is 5.89. The molecule has 1 saturated carbocycles. The zero-order valence-corrected chi connectivity index (χ0v) is 11.5. The number of hydrogen-bond acceptors (Lipinski definition) is 2. The van der Waals surface area contributed by atoms with Gasteiger partial charge in [-0.05, 0) is 49.7 Å². The highest BCUT2D eigenvalue weighted by Crippen LogP contribution is 2.30. The molecule has 0 spiro atoms. The van der Waals surface area contributed by atoms with Crippen molar-refractivity contribution < 1.29 is 0 Å². The fraction of sp³-hybridized carbons (Fsp3) is 0.333. The maximum absolute atomic E-state index is 12.4. The first-order chi connectivity index (χ1) is 8.16. The standard InChI is InChI=1S/C12H11BrN2OS/c13-7-4-5-9-10(6-7)14-12(17)15(11(9)16)8-2-1-3-8/h4-6,8H,1-3H2,(H,14,17). The number of nitrogens with zero attached hydrogens (tertiary/aromatic N) is 1. The maximum Gasteiger partial charge on any atom is 0.262 e. The van der Waals surface area contributed by atoms with Gasteiger partial charge in [0.1, 0.15) is 0 Å². The molecule has 5 heteroatoms. The molecule has 0 bridgehead atoms. The van der Waals surface area contributed by atoms with Crippen LogP contribution < -0.4 is 5.56 Å². The van der Waals surface area contributed by atoms with Crippen LogP contribution in [-0.4, -0.2) is 9.55 Å². The number of rotatable bonds is 1. The van der Waals surface area contributed by atoms with Crippen LogP contribution in [0.4, 0.5) is 0 Å². The molecular weight excluding hydrogens is 300 g/mol. The molecule has 0 unspecified atom stereocenters. The van der Waals surface area contributed by atoms with Crippen LogP contribution >= 0.6 is 28.1 Å². The van der Waals surface area contributed by atoms with E-state index in [9.17, 15) is 4.79 Å². The number of halogens is 1. The largest absolute Gasteiger partial charge is 0.332 e. The van der Waals surface area contributed by atoms with Crippen LogP contribution in [0, 0.1) is 4.77 Å². The zero-order valence-electron chi connectivity index (χ0n) is 9.07. The molecule has 0 saturated heterocycles. The highest BCUT2D eigenvalue weighted by atomic mass is 79.9. The second kappa shape index (κ2) is 4.07. The Morgan fingerprint density at radius 2 is 2.18 bits per heavy atom. The summed E-state index contributed by atoms with van der Waals surface area (Å²) in [6.45, 7) is 0. The van der Waals surface area contributed by atoms with Gasteiger partial charge in [-0.1, -0.05) is 15.9 Å². The van der Waals surface area contributed by atoms with Crippen LogP contribution in [0.2, 0.25) is 0 Å².